The minimum absolute atomic E-state index is 0.0266. The van der Waals surface area contributed by atoms with Gasteiger partial charge in [-0.1, -0.05) is 6.07 Å². The fourth-order valence-corrected chi connectivity index (χ4v) is 3.21. The number of benzene rings is 1. The van der Waals surface area contributed by atoms with Crippen molar-refractivity contribution in [3.05, 3.63) is 53.5 Å². The van der Waals surface area contributed by atoms with E-state index in [1.807, 2.05) is 37.6 Å². The number of carbonyl (C=O) groups is 1. The molecule has 1 aliphatic rings. The summed E-state index contributed by atoms with van der Waals surface area (Å²) in [5, 5.41) is 14.1. The summed E-state index contributed by atoms with van der Waals surface area (Å²) < 4.78 is 13.0. The third kappa shape index (κ3) is 3.29. The quantitative estimate of drug-likeness (QED) is 0.785. The van der Waals surface area contributed by atoms with E-state index >= 15 is 0 Å². The van der Waals surface area contributed by atoms with E-state index in [-0.39, 0.29) is 11.9 Å². The Morgan fingerprint density at radius 2 is 2.28 bits per heavy atom. The number of rotatable bonds is 4. The second kappa shape index (κ2) is 6.34. The molecule has 0 spiro atoms. The van der Waals surface area contributed by atoms with Gasteiger partial charge in [0, 0.05) is 43.8 Å². The standard InChI is InChI=1S/C18H19N3O4/c1-20-10-14(8-19-20)17-11-21(4-5-24-17)9-12-2-3-15-13(6-12)7-16(25-15)18(22)23/h2-3,6-8,10,17H,4-5,9,11H2,1H3,(H,22,23). The summed E-state index contributed by atoms with van der Waals surface area (Å²) in [4.78, 5) is 13.4. The highest BCUT2D eigenvalue weighted by Crippen LogP contribution is 2.25. The summed E-state index contributed by atoms with van der Waals surface area (Å²) in [5.41, 5.74) is 2.80. The summed E-state index contributed by atoms with van der Waals surface area (Å²) in [6.07, 6.45) is 3.86. The Hall–Kier alpha value is -2.64. The van der Waals surface area contributed by atoms with E-state index in [4.69, 9.17) is 14.3 Å². The molecule has 0 bridgehead atoms. The highest BCUT2D eigenvalue weighted by atomic mass is 16.5. The van der Waals surface area contributed by atoms with Crippen molar-refractivity contribution in [1.29, 1.82) is 0 Å². The number of fused-ring (bicyclic) bond motifs is 1. The van der Waals surface area contributed by atoms with Crippen molar-refractivity contribution in [3.63, 3.8) is 0 Å². The van der Waals surface area contributed by atoms with Gasteiger partial charge in [-0.15, -0.1) is 0 Å². The molecule has 3 aromatic rings. The van der Waals surface area contributed by atoms with Crippen LogP contribution in [0.4, 0.5) is 0 Å². The Bertz CT molecular complexity index is 914. The van der Waals surface area contributed by atoms with Crippen LogP contribution in [0.5, 0.6) is 0 Å². The molecule has 0 amide bonds. The molecule has 0 saturated carbocycles. The van der Waals surface area contributed by atoms with Crippen LogP contribution in [0.2, 0.25) is 0 Å². The number of carboxylic acid groups (broad SMARTS) is 1. The minimum atomic E-state index is -1.05. The summed E-state index contributed by atoms with van der Waals surface area (Å²) >= 11 is 0. The zero-order valence-corrected chi connectivity index (χ0v) is 13.9. The number of aromatic carboxylic acids is 1. The molecule has 25 heavy (non-hydrogen) atoms. The fraction of sp³-hybridized carbons (Fsp3) is 0.333. The van der Waals surface area contributed by atoms with E-state index in [1.54, 1.807) is 10.7 Å². The van der Waals surface area contributed by atoms with Gasteiger partial charge in [0.1, 0.15) is 5.58 Å². The third-order valence-corrected chi connectivity index (χ3v) is 4.44. The Labute approximate surface area is 144 Å². The predicted molar refractivity (Wildman–Crippen MR) is 90.4 cm³/mol. The van der Waals surface area contributed by atoms with Crippen LogP contribution in [0.1, 0.15) is 27.8 Å². The van der Waals surface area contributed by atoms with Crippen LogP contribution in [-0.4, -0.2) is 45.5 Å². The fourth-order valence-electron chi connectivity index (χ4n) is 3.21. The maximum absolute atomic E-state index is 11.0. The van der Waals surface area contributed by atoms with Crippen LogP contribution in [0, 0.1) is 0 Å². The van der Waals surface area contributed by atoms with Gasteiger partial charge in [-0.2, -0.15) is 5.10 Å². The lowest BCUT2D eigenvalue weighted by molar-refractivity contribution is -0.0329. The van der Waals surface area contributed by atoms with Gasteiger partial charge in [0.05, 0.1) is 18.9 Å². The van der Waals surface area contributed by atoms with Gasteiger partial charge < -0.3 is 14.3 Å². The van der Waals surface area contributed by atoms with Gasteiger partial charge in [0.25, 0.3) is 0 Å². The molecule has 1 aromatic carbocycles. The Morgan fingerprint density at radius 1 is 1.40 bits per heavy atom. The minimum Gasteiger partial charge on any atom is -0.475 e. The summed E-state index contributed by atoms with van der Waals surface area (Å²) in [7, 11) is 1.90. The van der Waals surface area contributed by atoms with Crippen molar-refractivity contribution in [3.8, 4) is 0 Å². The first kappa shape index (κ1) is 15.9. The van der Waals surface area contributed by atoms with Crippen molar-refractivity contribution in [2.75, 3.05) is 19.7 Å². The molecule has 3 heterocycles. The largest absolute Gasteiger partial charge is 0.475 e. The molecule has 7 heteroatoms. The molecule has 7 nitrogen and oxygen atoms in total. The van der Waals surface area contributed by atoms with Crippen molar-refractivity contribution in [2.45, 2.75) is 12.6 Å². The lowest BCUT2D eigenvalue weighted by Gasteiger charge is -2.32. The van der Waals surface area contributed by atoms with Crippen molar-refractivity contribution in [1.82, 2.24) is 14.7 Å². The molecule has 0 aliphatic carbocycles. The first-order chi connectivity index (χ1) is 12.1. The SMILES string of the molecule is Cn1cc(C2CN(Cc3ccc4oc(C(=O)O)cc4c3)CCO2)cn1. The van der Waals surface area contributed by atoms with Crippen LogP contribution < -0.4 is 0 Å². The number of nitrogens with zero attached hydrogens (tertiary/aromatic N) is 3. The van der Waals surface area contributed by atoms with Gasteiger partial charge in [-0.3, -0.25) is 9.58 Å². The molecule has 0 radical (unpaired) electrons. The second-order valence-corrected chi connectivity index (χ2v) is 6.33. The summed E-state index contributed by atoms with van der Waals surface area (Å²) in [6, 6.07) is 7.36. The lowest BCUT2D eigenvalue weighted by atomic mass is 10.1. The molecule has 130 valence electrons. The maximum Gasteiger partial charge on any atom is 0.371 e. The summed E-state index contributed by atoms with van der Waals surface area (Å²) in [5.74, 6) is -1.08. The topological polar surface area (TPSA) is 80.7 Å². The van der Waals surface area contributed by atoms with E-state index in [0.717, 1.165) is 36.1 Å². The van der Waals surface area contributed by atoms with Gasteiger partial charge >= 0.3 is 5.97 Å². The number of hydrogen-bond acceptors (Lipinski definition) is 5. The molecule has 1 N–H and O–H groups in total. The van der Waals surface area contributed by atoms with Crippen LogP contribution >= 0.6 is 0 Å². The third-order valence-electron chi connectivity index (χ3n) is 4.44. The maximum atomic E-state index is 11.0. The smallest absolute Gasteiger partial charge is 0.371 e. The zero-order valence-electron chi connectivity index (χ0n) is 13.9. The first-order valence-corrected chi connectivity index (χ1v) is 8.17. The van der Waals surface area contributed by atoms with E-state index in [0.29, 0.717) is 12.2 Å². The van der Waals surface area contributed by atoms with Gasteiger partial charge in [0.15, 0.2) is 0 Å². The van der Waals surface area contributed by atoms with Gasteiger partial charge in [0.2, 0.25) is 5.76 Å². The average molecular weight is 341 g/mol. The van der Waals surface area contributed by atoms with E-state index in [1.165, 1.54) is 0 Å². The van der Waals surface area contributed by atoms with E-state index < -0.39 is 5.97 Å². The molecule has 1 unspecified atom stereocenters. The van der Waals surface area contributed by atoms with Crippen molar-refractivity contribution in [2.24, 2.45) is 7.05 Å². The second-order valence-electron chi connectivity index (χ2n) is 6.33. The highest BCUT2D eigenvalue weighted by molar-refractivity contribution is 5.91. The molecule has 1 atom stereocenters. The number of furan rings is 1. The molecular formula is C18H19N3O4. The van der Waals surface area contributed by atoms with Crippen molar-refractivity contribution >= 4 is 16.9 Å². The zero-order chi connectivity index (χ0) is 17.4. The van der Waals surface area contributed by atoms with E-state index in [9.17, 15) is 4.79 Å². The number of hydrogen-bond donors (Lipinski definition) is 1. The van der Waals surface area contributed by atoms with Crippen molar-refractivity contribution < 1.29 is 19.1 Å². The Kier molecular flexibility index (Phi) is 4.03. The van der Waals surface area contributed by atoms with Crippen LogP contribution in [0.15, 0.2) is 41.1 Å². The number of carboxylic acids is 1. The summed E-state index contributed by atoms with van der Waals surface area (Å²) in [6.45, 7) is 3.12. The normalized spacial score (nSPS) is 18.7. The molecule has 4 rings (SSSR count). The first-order valence-electron chi connectivity index (χ1n) is 8.17. The lowest BCUT2D eigenvalue weighted by Crippen LogP contribution is -2.37. The predicted octanol–water partition coefficient (Wildman–Crippen LogP) is 2.44. The highest BCUT2D eigenvalue weighted by Gasteiger charge is 2.23. The number of aromatic nitrogens is 2. The Balaban J connectivity index is 1.49. The number of ether oxygens (including phenoxy) is 1. The van der Waals surface area contributed by atoms with Crippen LogP contribution in [0.3, 0.4) is 0 Å². The molecule has 1 fully saturated rings. The Morgan fingerprint density at radius 3 is 3.04 bits per heavy atom. The molecule has 1 aliphatic heterocycles. The molecule has 1 saturated heterocycles. The van der Waals surface area contributed by atoms with E-state index in [2.05, 4.69) is 10.00 Å². The monoisotopic (exact) mass is 341 g/mol. The number of morpholine rings is 1. The van der Waals surface area contributed by atoms with Gasteiger partial charge in [-0.05, 0) is 23.8 Å². The van der Waals surface area contributed by atoms with Crippen LogP contribution in [-0.2, 0) is 18.3 Å². The average Bonchev–Trinajstić information content (AvgIpc) is 3.21. The van der Waals surface area contributed by atoms with Crippen LogP contribution in [0.25, 0.3) is 11.0 Å². The molecular weight excluding hydrogens is 322 g/mol. The van der Waals surface area contributed by atoms with Gasteiger partial charge in [-0.25, -0.2) is 4.79 Å². The molecule has 2 aromatic heterocycles. The number of aryl methyl sites for hydroxylation is 1.